The van der Waals surface area contributed by atoms with Crippen LogP contribution in [0.3, 0.4) is 0 Å². The van der Waals surface area contributed by atoms with Gasteiger partial charge >= 0.3 is 0 Å². The molecule has 6 heteroatoms. The van der Waals surface area contributed by atoms with Crippen molar-refractivity contribution in [1.29, 1.82) is 0 Å². The van der Waals surface area contributed by atoms with E-state index in [2.05, 4.69) is 4.37 Å². The summed E-state index contributed by atoms with van der Waals surface area (Å²) in [5.74, 6) is 2.59. The van der Waals surface area contributed by atoms with Crippen molar-refractivity contribution >= 4 is 11.5 Å². The molecular formula is C19H19NO4S. The minimum atomic E-state index is 0.565. The Kier molecular flexibility index (Phi) is 5.09. The predicted octanol–water partition coefficient (Wildman–Crippen LogP) is 4.51. The Labute approximate surface area is 150 Å². The SMILES string of the molecule is COc1ccc(-c2csnc2-c2cc(OC)c(OC)c(OC)c2)cc1. The zero-order valence-electron chi connectivity index (χ0n) is 14.5. The van der Waals surface area contributed by atoms with Crippen LogP contribution in [0.25, 0.3) is 22.4 Å². The van der Waals surface area contributed by atoms with E-state index in [1.54, 1.807) is 28.4 Å². The van der Waals surface area contributed by atoms with E-state index in [0.717, 1.165) is 28.1 Å². The lowest BCUT2D eigenvalue weighted by Crippen LogP contribution is -1.96. The molecule has 0 fully saturated rings. The molecule has 2 aromatic carbocycles. The first-order valence-corrected chi connectivity index (χ1v) is 8.44. The van der Waals surface area contributed by atoms with E-state index in [9.17, 15) is 0 Å². The van der Waals surface area contributed by atoms with Gasteiger partial charge in [-0.25, -0.2) is 0 Å². The maximum Gasteiger partial charge on any atom is 0.203 e. The smallest absolute Gasteiger partial charge is 0.203 e. The maximum absolute atomic E-state index is 5.45. The number of nitrogens with zero attached hydrogens (tertiary/aromatic N) is 1. The van der Waals surface area contributed by atoms with Gasteiger partial charge < -0.3 is 18.9 Å². The van der Waals surface area contributed by atoms with Gasteiger partial charge in [-0.05, 0) is 41.4 Å². The van der Waals surface area contributed by atoms with Gasteiger partial charge in [-0.15, -0.1) is 0 Å². The minimum Gasteiger partial charge on any atom is -0.497 e. The van der Waals surface area contributed by atoms with Gasteiger partial charge in [0.15, 0.2) is 11.5 Å². The van der Waals surface area contributed by atoms with Crippen LogP contribution in [0.1, 0.15) is 0 Å². The van der Waals surface area contributed by atoms with Gasteiger partial charge in [0.1, 0.15) is 5.75 Å². The van der Waals surface area contributed by atoms with E-state index in [-0.39, 0.29) is 0 Å². The highest BCUT2D eigenvalue weighted by molar-refractivity contribution is 7.04. The van der Waals surface area contributed by atoms with Crippen molar-refractivity contribution in [2.75, 3.05) is 28.4 Å². The van der Waals surface area contributed by atoms with E-state index in [4.69, 9.17) is 18.9 Å². The molecule has 0 spiro atoms. The molecule has 1 heterocycles. The van der Waals surface area contributed by atoms with Crippen LogP contribution >= 0.6 is 11.5 Å². The topological polar surface area (TPSA) is 49.8 Å². The first-order valence-electron chi connectivity index (χ1n) is 7.61. The Morgan fingerprint density at radius 3 is 1.92 bits per heavy atom. The molecule has 5 nitrogen and oxygen atoms in total. The van der Waals surface area contributed by atoms with Crippen LogP contribution in [0.5, 0.6) is 23.0 Å². The number of benzene rings is 2. The first-order chi connectivity index (χ1) is 12.2. The van der Waals surface area contributed by atoms with Crippen LogP contribution in [-0.4, -0.2) is 32.8 Å². The van der Waals surface area contributed by atoms with Gasteiger partial charge in [0.25, 0.3) is 0 Å². The summed E-state index contributed by atoms with van der Waals surface area (Å²) in [5.41, 5.74) is 3.89. The summed E-state index contributed by atoms with van der Waals surface area (Å²) in [6.07, 6.45) is 0. The normalized spacial score (nSPS) is 10.4. The van der Waals surface area contributed by atoms with Crippen LogP contribution in [0.15, 0.2) is 41.8 Å². The van der Waals surface area contributed by atoms with Crippen LogP contribution in [0.4, 0.5) is 0 Å². The molecule has 130 valence electrons. The van der Waals surface area contributed by atoms with E-state index in [0.29, 0.717) is 17.2 Å². The molecule has 0 saturated carbocycles. The highest BCUT2D eigenvalue weighted by atomic mass is 32.1. The molecule has 25 heavy (non-hydrogen) atoms. The van der Waals surface area contributed by atoms with Crippen molar-refractivity contribution in [2.24, 2.45) is 0 Å². The molecule has 0 bridgehead atoms. The Bertz CT molecular complexity index is 833. The highest BCUT2D eigenvalue weighted by Gasteiger charge is 2.18. The van der Waals surface area contributed by atoms with Crippen LogP contribution in [0.2, 0.25) is 0 Å². The molecular weight excluding hydrogens is 338 g/mol. The van der Waals surface area contributed by atoms with Crippen molar-refractivity contribution in [3.63, 3.8) is 0 Å². The van der Waals surface area contributed by atoms with E-state index >= 15 is 0 Å². The van der Waals surface area contributed by atoms with Gasteiger partial charge in [-0.1, -0.05) is 12.1 Å². The summed E-state index contributed by atoms with van der Waals surface area (Å²) in [7, 11) is 6.45. The monoisotopic (exact) mass is 357 g/mol. The van der Waals surface area contributed by atoms with Gasteiger partial charge in [0.05, 0.1) is 34.1 Å². The van der Waals surface area contributed by atoms with Crippen molar-refractivity contribution in [3.8, 4) is 45.4 Å². The fraction of sp³-hybridized carbons (Fsp3) is 0.211. The largest absolute Gasteiger partial charge is 0.497 e. The molecule has 1 aromatic heterocycles. The standard InChI is InChI=1S/C19H19NO4S/c1-21-14-7-5-12(6-8-14)15-11-25-20-18(15)13-9-16(22-2)19(24-4)17(10-13)23-3/h5-11H,1-4H3. The summed E-state index contributed by atoms with van der Waals surface area (Å²) in [5, 5.41) is 2.03. The Hall–Kier alpha value is -2.73. The third-order valence-electron chi connectivity index (χ3n) is 3.91. The lowest BCUT2D eigenvalue weighted by molar-refractivity contribution is 0.324. The van der Waals surface area contributed by atoms with Gasteiger partial charge in [-0.3, -0.25) is 0 Å². The van der Waals surface area contributed by atoms with Crippen molar-refractivity contribution in [2.45, 2.75) is 0 Å². The summed E-state index contributed by atoms with van der Waals surface area (Å²) in [4.78, 5) is 0. The average molecular weight is 357 g/mol. The number of ether oxygens (including phenoxy) is 4. The lowest BCUT2D eigenvalue weighted by atomic mass is 10.0. The quantitative estimate of drug-likeness (QED) is 0.649. The second kappa shape index (κ2) is 7.44. The number of methoxy groups -OCH3 is 4. The second-order valence-corrected chi connectivity index (χ2v) is 5.85. The van der Waals surface area contributed by atoms with Crippen LogP contribution in [0, 0.1) is 0 Å². The molecule has 0 aliphatic carbocycles. The molecule has 0 atom stereocenters. The van der Waals surface area contributed by atoms with Crippen LogP contribution in [-0.2, 0) is 0 Å². The van der Waals surface area contributed by atoms with Gasteiger partial charge in [-0.2, -0.15) is 4.37 Å². The molecule has 0 saturated heterocycles. The van der Waals surface area contributed by atoms with Crippen molar-refractivity contribution < 1.29 is 18.9 Å². The number of hydrogen-bond donors (Lipinski definition) is 0. The first kappa shape index (κ1) is 17.1. The summed E-state index contributed by atoms with van der Waals surface area (Å²) < 4.78 is 26.1. The minimum absolute atomic E-state index is 0.565. The Morgan fingerprint density at radius 2 is 1.40 bits per heavy atom. The van der Waals surface area contributed by atoms with Gasteiger partial charge in [0.2, 0.25) is 5.75 Å². The molecule has 0 amide bonds. The molecule has 3 rings (SSSR count). The van der Waals surface area contributed by atoms with E-state index < -0.39 is 0 Å². The van der Waals surface area contributed by atoms with Crippen molar-refractivity contribution in [3.05, 3.63) is 41.8 Å². The molecule has 0 radical (unpaired) electrons. The van der Waals surface area contributed by atoms with Crippen LogP contribution < -0.4 is 18.9 Å². The van der Waals surface area contributed by atoms with E-state index in [1.807, 2.05) is 41.8 Å². The lowest BCUT2D eigenvalue weighted by Gasteiger charge is -2.14. The highest BCUT2D eigenvalue weighted by Crippen LogP contribution is 2.43. The number of hydrogen-bond acceptors (Lipinski definition) is 6. The zero-order valence-corrected chi connectivity index (χ0v) is 15.3. The molecule has 3 aromatic rings. The predicted molar refractivity (Wildman–Crippen MR) is 99.2 cm³/mol. The second-order valence-electron chi connectivity index (χ2n) is 5.22. The molecule has 0 unspecified atom stereocenters. The summed E-state index contributed by atoms with van der Waals surface area (Å²) in [6, 6.07) is 11.7. The van der Waals surface area contributed by atoms with E-state index in [1.165, 1.54) is 11.5 Å². The molecule has 0 aliphatic rings. The fourth-order valence-electron chi connectivity index (χ4n) is 2.64. The fourth-order valence-corrected chi connectivity index (χ4v) is 3.35. The van der Waals surface area contributed by atoms with Gasteiger partial charge in [0, 0.05) is 16.5 Å². The summed E-state index contributed by atoms with van der Waals surface area (Å²) in [6.45, 7) is 0. The third-order valence-corrected chi connectivity index (χ3v) is 4.54. The Morgan fingerprint density at radius 1 is 0.760 bits per heavy atom. The zero-order chi connectivity index (χ0) is 17.8. The van der Waals surface area contributed by atoms with Crippen molar-refractivity contribution in [1.82, 2.24) is 4.37 Å². The molecule has 0 N–H and O–H groups in total. The average Bonchev–Trinajstić information content (AvgIpc) is 3.16. The molecule has 0 aliphatic heterocycles. The Balaban J connectivity index is 2.10. The third kappa shape index (κ3) is 3.25. The number of rotatable bonds is 6. The maximum atomic E-state index is 5.45. The number of aromatic nitrogens is 1. The summed E-state index contributed by atoms with van der Waals surface area (Å²) >= 11 is 1.41.